The molecule has 0 heterocycles. The first-order valence-electron chi connectivity index (χ1n) is 5.82. The van der Waals surface area contributed by atoms with E-state index >= 15 is 0 Å². The van der Waals surface area contributed by atoms with Crippen LogP contribution < -0.4 is 4.90 Å². The molecule has 8 heteroatoms. The molecule has 6 nitrogen and oxygen atoms in total. The van der Waals surface area contributed by atoms with E-state index in [1.807, 2.05) is 19.0 Å². The third-order valence-electron chi connectivity index (χ3n) is 2.91. The van der Waals surface area contributed by atoms with E-state index in [4.69, 9.17) is 0 Å². The van der Waals surface area contributed by atoms with Crippen LogP contribution in [0.4, 0.5) is 11.4 Å². The number of nitrogens with zero attached hydrogens (tertiary/aromatic N) is 3. The maximum absolute atomic E-state index is 11.1. The summed E-state index contributed by atoms with van der Waals surface area (Å²) in [5, 5.41) is 18.9. The van der Waals surface area contributed by atoms with Crippen LogP contribution in [0.15, 0.2) is 39.4 Å². The molecule has 0 aliphatic heterocycles. The fourth-order valence-corrected chi connectivity index (χ4v) is 2.45. The topological polar surface area (TPSA) is 82.3 Å². The Morgan fingerprint density at radius 2 is 1.81 bits per heavy atom. The first-order valence-corrected chi connectivity index (χ1v) is 6.89. The van der Waals surface area contributed by atoms with Gasteiger partial charge in [0.15, 0.2) is 0 Å². The summed E-state index contributed by atoms with van der Waals surface area (Å²) >= 11 is 0. The summed E-state index contributed by atoms with van der Waals surface area (Å²) in [4.78, 5) is 1.86. The first kappa shape index (κ1) is 17.6. The zero-order valence-corrected chi connectivity index (χ0v) is 14.6. The molecular weight excluding hydrogens is 374 g/mol. The van der Waals surface area contributed by atoms with E-state index in [0.717, 1.165) is 5.69 Å². The van der Waals surface area contributed by atoms with Gasteiger partial charge in [-0.05, 0) is 28.9 Å². The summed E-state index contributed by atoms with van der Waals surface area (Å²) in [5.74, 6) is -0.0976. The minimum atomic E-state index is -2.42. The first-order chi connectivity index (χ1) is 9.45. The van der Waals surface area contributed by atoms with Crippen LogP contribution in [0.5, 0.6) is 5.75 Å². The number of azo groups is 1. The molecule has 2 rings (SSSR count). The number of benzene rings is 2. The molecule has 1 N–H and O–H groups in total. The number of fused-ring (bicyclic) bond motifs is 1. The molecule has 0 aliphatic carbocycles. The van der Waals surface area contributed by atoms with Gasteiger partial charge < -0.3 is 18.4 Å². The maximum Gasteiger partial charge on any atom is 0.122 e. The molecule has 0 saturated heterocycles. The van der Waals surface area contributed by atoms with Gasteiger partial charge in [-0.15, -0.1) is 0 Å². The third-order valence-corrected chi connectivity index (χ3v) is 3.53. The molecule has 0 bridgehead atoms. The van der Waals surface area contributed by atoms with Crippen molar-refractivity contribution >= 4 is 32.9 Å². The fourth-order valence-electron chi connectivity index (χ4n) is 2.02. The van der Waals surface area contributed by atoms with E-state index in [0.29, 0.717) is 16.5 Å². The second kappa shape index (κ2) is 7.00. The summed E-state index contributed by atoms with van der Waals surface area (Å²) in [5.41, 5.74) is 1.31. The predicted octanol–water partition coefficient (Wildman–Crippen LogP) is 2.99. The van der Waals surface area contributed by atoms with Gasteiger partial charge in [-0.2, -0.15) is 10.2 Å². The molecule has 0 radical (unpaired) electrons. The molecule has 112 valence electrons. The van der Waals surface area contributed by atoms with Crippen molar-refractivity contribution in [1.29, 1.82) is 0 Å². The van der Waals surface area contributed by atoms with Crippen molar-refractivity contribution in [2.24, 2.45) is 10.2 Å². The second-order valence-electron chi connectivity index (χ2n) is 4.40. The summed E-state index contributed by atoms with van der Waals surface area (Å²) in [6.45, 7) is 0. The van der Waals surface area contributed by atoms with Crippen molar-refractivity contribution in [3.05, 3.63) is 24.3 Å². The van der Waals surface area contributed by atoms with Gasteiger partial charge >= 0.3 is 0 Å². The molecule has 21 heavy (non-hydrogen) atoms. The van der Waals surface area contributed by atoms with Crippen LogP contribution in [0.25, 0.3) is 10.8 Å². The number of rotatable bonds is 3. The Balaban J connectivity index is 0.00000220. The van der Waals surface area contributed by atoms with E-state index in [9.17, 15) is 13.5 Å². The van der Waals surface area contributed by atoms with Gasteiger partial charge in [0, 0.05) is 53.0 Å². The van der Waals surface area contributed by atoms with Crippen molar-refractivity contribution < 1.29 is 34.6 Å². The summed E-state index contributed by atoms with van der Waals surface area (Å²) < 4.78 is 22.2. The van der Waals surface area contributed by atoms with Crippen LogP contribution in [-0.4, -0.2) is 26.2 Å². The van der Waals surface area contributed by atoms with Gasteiger partial charge in [-0.25, -0.2) is 0 Å². The van der Waals surface area contributed by atoms with Crippen molar-refractivity contribution in [3.8, 4) is 5.75 Å². The summed E-state index contributed by atoms with van der Waals surface area (Å²) in [6.07, 6.45) is 0. The molecule has 0 amide bonds. The number of anilines is 1. The minimum Gasteiger partial charge on any atom is -0.507 e. The third kappa shape index (κ3) is 3.41. The van der Waals surface area contributed by atoms with Gasteiger partial charge in [-0.3, -0.25) is 0 Å². The van der Waals surface area contributed by atoms with Crippen molar-refractivity contribution in [3.63, 3.8) is 0 Å². The standard InChI is InChI=1S/C13H14N3O3S.Mo/c1-14-15-13-10-6-8(20(18)19)7-12(17)9(10)4-5-11(13)16(2)3;/h4-7,17H,1-3H3;/q-1;. The molecule has 0 unspecified atom stereocenters. The van der Waals surface area contributed by atoms with E-state index in [-0.39, 0.29) is 31.7 Å². The van der Waals surface area contributed by atoms with E-state index in [2.05, 4.69) is 10.2 Å². The molecule has 2 aromatic carbocycles. The van der Waals surface area contributed by atoms with Crippen LogP contribution in [0.1, 0.15) is 0 Å². The Hall–Kier alpha value is -1.46. The normalized spacial score (nSPS) is 11.0. The van der Waals surface area contributed by atoms with Gasteiger partial charge in [-0.1, -0.05) is 11.0 Å². The van der Waals surface area contributed by atoms with E-state index < -0.39 is 10.7 Å². The minimum absolute atomic E-state index is 0. The Bertz CT molecular complexity index is 765. The molecule has 0 fully saturated rings. The Kier molecular flexibility index (Phi) is 5.86. The van der Waals surface area contributed by atoms with E-state index in [1.54, 1.807) is 12.1 Å². The number of phenols is 1. The zero-order chi connectivity index (χ0) is 14.9. The molecule has 0 aromatic heterocycles. The van der Waals surface area contributed by atoms with Crippen LogP contribution in [-0.2, 0) is 40.2 Å². The SMILES string of the molecule is CN=Nc1c(N(C)C)ccc2c(O)cc([S-](=O)=O)cc12.[Mo]. The fraction of sp³-hybridized carbons (Fsp3) is 0.231. The maximum atomic E-state index is 11.1. The molecule has 2 aromatic rings. The van der Waals surface area contributed by atoms with Crippen LogP contribution in [0.3, 0.4) is 0 Å². The monoisotopic (exact) mass is 390 g/mol. The van der Waals surface area contributed by atoms with Gasteiger partial charge in [0.05, 0.1) is 5.69 Å². The van der Waals surface area contributed by atoms with Gasteiger partial charge in [0.25, 0.3) is 0 Å². The molecular formula is C13H14MoN3O3S-. The Morgan fingerprint density at radius 1 is 1.14 bits per heavy atom. The second-order valence-corrected chi connectivity index (χ2v) is 5.34. The van der Waals surface area contributed by atoms with Crippen molar-refractivity contribution in [2.45, 2.75) is 4.90 Å². The van der Waals surface area contributed by atoms with E-state index in [1.165, 1.54) is 19.2 Å². The van der Waals surface area contributed by atoms with Gasteiger partial charge in [0.1, 0.15) is 11.4 Å². The van der Waals surface area contributed by atoms with Crippen molar-refractivity contribution in [1.82, 2.24) is 0 Å². The average molecular weight is 388 g/mol. The number of hydrogen-bond donors (Lipinski definition) is 1. The van der Waals surface area contributed by atoms with Gasteiger partial charge in [0.2, 0.25) is 0 Å². The Labute approximate surface area is 138 Å². The molecule has 0 aliphatic rings. The summed E-state index contributed by atoms with van der Waals surface area (Å²) in [7, 11) is 2.82. The predicted molar refractivity (Wildman–Crippen MR) is 77.4 cm³/mol. The number of phenolic OH excluding ortho intramolecular Hbond substituents is 1. The largest absolute Gasteiger partial charge is 0.507 e. The Morgan fingerprint density at radius 3 is 2.33 bits per heavy atom. The zero-order valence-electron chi connectivity index (χ0n) is 11.7. The number of hydrogen-bond acceptors (Lipinski definition) is 7. The van der Waals surface area contributed by atoms with Crippen LogP contribution >= 0.6 is 0 Å². The number of aromatic hydroxyl groups is 1. The average Bonchev–Trinajstić information content (AvgIpc) is 2.39. The van der Waals surface area contributed by atoms with Crippen LogP contribution in [0, 0.1) is 0 Å². The molecule has 0 atom stereocenters. The smallest absolute Gasteiger partial charge is 0.122 e. The van der Waals surface area contributed by atoms with Crippen LogP contribution in [0.2, 0.25) is 0 Å². The molecule has 0 spiro atoms. The summed E-state index contributed by atoms with van der Waals surface area (Å²) in [6, 6.07) is 6.23. The van der Waals surface area contributed by atoms with Crippen molar-refractivity contribution in [2.75, 3.05) is 26.0 Å². The quantitative estimate of drug-likeness (QED) is 0.498. The molecule has 0 saturated carbocycles.